The summed E-state index contributed by atoms with van der Waals surface area (Å²) >= 11 is 0. The van der Waals surface area contributed by atoms with E-state index in [-0.39, 0.29) is 29.0 Å². The highest BCUT2D eigenvalue weighted by molar-refractivity contribution is 5.80. The molecule has 0 radical (unpaired) electrons. The van der Waals surface area contributed by atoms with Gasteiger partial charge in [0.1, 0.15) is 11.6 Å². The van der Waals surface area contributed by atoms with E-state index in [1.54, 1.807) is 6.07 Å². The number of amides is 1. The van der Waals surface area contributed by atoms with Crippen molar-refractivity contribution < 1.29 is 14.3 Å². The zero-order valence-corrected chi connectivity index (χ0v) is 14.6. The number of nitrogens with zero attached hydrogens (tertiary/aromatic N) is 1. The standard InChI is InChI=1S/C20H27FN2O2/c21-17-8-15(9-18(24)10-17)14-4-3-7-23(13-14)19(25)16-11-20(12-16)5-1-2-6-22-20/h8-10,14,16,22,24H,1-7,11-13H2. The summed E-state index contributed by atoms with van der Waals surface area (Å²) < 4.78 is 13.6. The first-order chi connectivity index (χ1) is 12.0. The third-order valence-electron chi connectivity index (χ3n) is 6.31. The molecule has 4 nitrogen and oxygen atoms in total. The molecule has 4 rings (SSSR count). The molecule has 2 heterocycles. The van der Waals surface area contributed by atoms with Crippen LogP contribution in [-0.2, 0) is 4.79 Å². The molecule has 136 valence electrons. The number of hydrogen-bond acceptors (Lipinski definition) is 3. The molecule has 2 N–H and O–H groups in total. The number of benzene rings is 1. The molecule has 5 heteroatoms. The Labute approximate surface area is 148 Å². The second kappa shape index (κ2) is 6.60. The number of likely N-dealkylation sites (tertiary alicyclic amines) is 1. The molecule has 1 aromatic rings. The topological polar surface area (TPSA) is 52.6 Å². The van der Waals surface area contributed by atoms with E-state index in [4.69, 9.17) is 0 Å². The maximum absolute atomic E-state index is 13.6. The van der Waals surface area contributed by atoms with Crippen molar-refractivity contribution in [3.63, 3.8) is 0 Å². The number of hydrogen-bond donors (Lipinski definition) is 2. The van der Waals surface area contributed by atoms with Crippen LogP contribution in [0.15, 0.2) is 18.2 Å². The molecule has 1 aromatic carbocycles. The maximum Gasteiger partial charge on any atom is 0.225 e. The highest BCUT2D eigenvalue weighted by Crippen LogP contribution is 2.44. The van der Waals surface area contributed by atoms with E-state index in [1.165, 1.54) is 25.3 Å². The fourth-order valence-electron chi connectivity index (χ4n) is 4.98. The smallest absolute Gasteiger partial charge is 0.225 e. The molecular formula is C20H27FN2O2. The van der Waals surface area contributed by atoms with Crippen LogP contribution in [-0.4, -0.2) is 41.1 Å². The third-order valence-corrected chi connectivity index (χ3v) is 6.31. The second-order valence-electron chi connectivity index (χ2n) is 8.14. The van der Waals surface area contributed by atoms with E-state index in [2.05, 4.69) is 5.32 Å². The summed E-state index contributed by atoms with van der Waals surface area (Å²) in [5.41, 5.74) is 1.02. The van der Waals surface area contributed by atoms with Crippen LogP contribution in [0.4, 0.5) is 4.39 Å². The summed E-state index contributed by atoms with van der Waals surface area (Å²) in [5, 5.41) is 13.3. The van der Waals surface area contributed by atoms with E-state index in [9.17, 15) is 14.3 Å². The largest absolute Gasteiger partial charge is 0.508 e. The molecule has 1 amide bonds. The van der Waals surface area contributed by atoms with Crippen molar-refractivity contribution in [3.05, 3.63) is 29.6 Å². The van der Waals surface area contributed by atoms with Crippen LogP contribution in [0.3, 0.4) is 0 Å². The lowest BCUT2D eigenvalue weighted by Gasteiger charge is -2.51. The molecule has 1 unspecified atom stereocenters. The zero-order valence-electron chi connectivity index (χ0n) is 14.6. The maximum atomic E-state index is 13.6. The van der Waals surface area contributed by atoms with Gasteiger partial charge in [-0.15, -0.1) is 0 Å². The Morgan fingerprint density at radius 1 is 1.24 bits per heavy atom. The molecule has 1 spiro atoms. The van der Waals surface area contributed by atoms with Gasteiger partial charge in [-0.1, -0.05) is 6.42 Å². The van der Waals surface area contributed by atoms with E-state index in [0.29, 0.717) is 6.54 Å². The molecular weight excluding hydrogens is 319 g/mol. The molecule has 0 aromatic heterocycles. The van der Waals surface area contributed by atoms with Crippen molar-refractivity contribution in [2.75, 3.05) is 19.6 Å². The first kappa shape index (κ1) is 16.8. The highest BCUT2D eigenvalue weighted by atomic mass is 19.1. The molecule has 2 aliphatic heterocycles. The van der Waals surface area contributed by atoms with Gasteiger partial charge in [0.15, 0.2) is 0 Å². The minimum atomic E-state index is -0.414. The van der Waals surface area contributed by atoms with Crippen LogP contribution in [0.25, 0.3) is 0 Å². The molecule has 0 bridgehead atoms. The lowest BCUT2D eigenvalue weighted by molar-refractivity contribution is -0.143. The Hall–Kier alpha value is -1.62. The van der Waals surface area contributed by atoms with Crippen LogP contribution in [0, 0.1) is 11.7 Å². The normalized spacial score (nSPS) is 32.4. The van der Waals surface area contributed by atoms with E-state index in [1.807, 2.05) is 4.90 Å². The lowest BCUT2D eigenvalue weighted by Crippen LogP contribution is -2.61. The van der Waals surface area contributed by atoms with Gasteiger partial charge in [-0.25, -0.2) is 4.39 Å². The summed E-state index contributed by atoms with van der Waals surface area (Å²) in [4.78, 5) is 14.9. The predicted molar refractivity (Wildman–Crippen MR) is 93.9 cm³/mol. The molecule has 1 saturated carbocycles. The molecule has 3 fully saturated rings. The minimum absolute atomic E-state index is 0.0391. The number of phenols is 1. The average Bonchev–Trinajstić information content (AvgIpc) is 2.59. The number of piperidine rings is 2. The molecule has 3 aliphatic rings. The number of carbonyl (C=O) groups is 1. The van der Waals surface area contributed by atoms with E-state index in [0.717, 1.165) is 50.4 Å². The number of nitrogens with one attached hydrogen (secondary N) is 1. The number of carbonyl (C=O) groups excluding carboxylic acids is 1. The summed E-state index contributed by atoms with van der Waals surface area (Å²) in [6.07, 6.45) is 7.51. The predicted octanol–water partition coefficient (Wildman–Crippen LogP) is 3.16. The summed E-state index contributed by atoms with van der Waals surface area (Å²) in [5.74, 6) is 0.0697. The van der Waals surface area contributed by atoms with Gasteiger partial charge in [0.2, 0.25) is 5.91 Å². The minimum Gasteiger partial charge on any atom is -0.508 e. The zero-order chi connectivity index (χ0) is 17.4. The van der Waals surface area contributed by atoms with Crippen molar-refractivity contribution in [1.29, 1.82) is 0 Å². The van der Waals surface area contributed by atoms with Crippen LogP contribution in [0.5, 0.6) is 5.75 Å². The number of phenolic OH excluding ortho intramolecular Hbond substituents is 1. The highest BCUT2D eigenvalue weighted by Gasteiger charge is 2.48. The molecule has 1 aliphatic carbocycles. The Kier molecular flexibility index (Phi) is 4.44. The molecule has 25 heavy (non-hydrogen) atoms. The Bertz CT molecular complexity index is 629. The first-order valence-electron chi connectivity index (χ1n) is 9.58. The average molecular weight is 346 g/mol. The Morgan fingerprint density at radius 2 is 2.08 bits per heavy atom. The fraction of sp³-hybridized carbons (Fsp3) is 0.650. The van der Waals surface area contributed by atoms with Gasteiger partial charge in [0.25, 0.3) is 0 Å². The van der Waals surface area contributed by atoms with Crippen LogP contribution < -0.4 is 5.32 Å². The van der Waals surface area contributed by atoms with E-state index < -0.39 is 5.82 Å². The summed E-state index contributed by atoms with van der Waals surface area (Å²) in [6, 6.07) is 4.24. The van der Waals surface area contributed by atoms with Crippen molar-refractivity contribution in [1.82, 2.24) is 10.2 Å². The molecule has 1 atom stereocenters. The van der Waals surface area contributed by atoms with Gasteiger partial charge >= 0.3 is 0 Å². The first-order valence-corrected chi connectivity index (χ1v) is 9.58. The van der Waals surface area contributed by atoms with Gasteiger partial charge in [-0.2, -0.15) is 0 Å². The third kappa shape index (κ3) is 3.39. The van der Waals surface area contributed by atoms with Crippen LogP contribution in [0.2, 0.25) is 0 Å². The number of rotatable bonds is 2. The van der Waals surface area contributed by atoms with Crippen molar-refractivity contribution in [2.24, 2.45) is 5.92 Å². The molecule has 2 saturated heterocycles. The van der Waals surface area contributed by atoms with Gasteiger partial charge in [-0.05, 0) is 62.8 Å². The fourth-order valence-corrected chi connectivity index (χ4v) is 4.98. The van der Waals surface area contributed by atoms with Crippen LogP contribution >= 0.6 is 0 Å². The van der Waals surface area contributed by atoms with Crippen molar-refractivity contribution in [3.8, 4) is 5.75 Å². The van der Waals surface area contributed by atoms with Gasteiger partial charge < -0.3 is 15.3 Å². The summed E-state index contributed by atoms with van der Waals surface area (Å²) in [6.45, 7) is 2.52. The van der Waals surface area contributed by atoms with Crippen LogP contribution in [0.1, 0.15) is 56.4 Å². The number of halogens is 1. The van der Waals surface area contributed by atoms with Crippen molar-refractivity contribution in [2.45, 2.75) is 56.4 Å². The Balaban J connectivity index is 1.39. The lowest BCUT2D eigenvalue weighted by atomic mass is 9.64. The SMILES string of the molecule is O=C(C1CC2(CCCCN2)C1)N1CCCC(c2cc(O)cc(F)c2)C1. The number of aromatic hydroxyl groups is 1. The Morgan fingerprint density at radius 3 is 2.80 bits per heavy atom. The van der Waals surface area contributed by atoms with Gasteiger partial charge in [-0.3, -0.25) is 4.79 Å². The monoisotopic (exact) mass is 346 g/mol. The summed E-state index contributed by atoms with van der Waals surface area (Å²) in [7, 11) is 0. The van der Waals surface area contributed by atoms with Gasteiger partial charge in [0.05, 0.1) is 0 Å². The quantitative estimate of drug-likeness (QED) is 0.865. The van der Waals surface area contributed by atoms with E-state index >= 15 is 0 Å². The van der Waals surface area contributed by atoms with Gasteiger partial charge in [0, 0.05) is 36.5 Å². The second-order valence-corrected chi connectivity index (χ2v) is 8.14. The van der Waals surface area contributed by atoms with Crippen molar-refractivity contribution >= 4 is 5.91 Å².